The Morgan fingerprint density at radius 2 is 1.76 bits per heavy atom. The highest BCUT2D eigenvalue weighted by Gasteiger charge is 2.52. The summed E-state index contributed by atoms with van der Waals surface area (Å²) in [6.45, 7) is 0.276. The lowest BCUT2D eigenvalue weighted by Gasteiger charge is -2.40. The molecule has 1 fully saturated rings. The Morgan fingerprint density at radius 1 is 1.03 bits per heavy atom. The number of nitrogens with zero attached hydrogens (tertiary/aromatic N) is 4. The fraction of sp³-hybridized carbons (Fsp3) is 0.348. The van der Waals surface area contributed by atoms with Gasteiger partial charge in [-0.15, -0.1) is 0 Å². The molecule has 0 saturated carbocycles. The smallest absolute Gasteiger partial charge is 0.328 e. The number of ether oxygens (including phenoxy) is 2. The number of benzene rings is 2. The van der Waals surface area contributed by atoms with Crippen LogP contribution in [0.2, 0.25) is 10.0 Å². The molecule has 0 aliphatic carbocycles. The van der Waals surface area contributed by atoms with Crippen molar-refractivity contribution < 1.29 is 24.2 Å². The second kappa shape index (κ2) is 10.5. The molecule has 2 aliphatic heterocycles. The van der Waals surface area contributed by atoms with E-state index in [-0.39, 0.29) is 32.4 Å². The van der Waals surface area contributed by atoms with Crippen LogP contribution in [0.4, 0.5) is 4.79 Å². The molecular formula is C23H24Cl2N4O5. The van der Waals surface area contributed by atoms with Gasteiger partial charge in [0.15, 0.2) is 12.2 Å². The molecule has 2 aromatic carbocycles. The molecule has 11 heteroatoms. The van der Waals surface area contributed by atoms with E-state index in [2.05, 4.69) is 4.99 Å². The molecule has 1 N–H and O–H groups in total. The number of amidine groups is 1. The van der Waals surface area contributed by atoms with Gasteiger partial charge < -0.3 is 24.4 Å². The first-order valence-electron chi connectivity index (χ1n) is 10.7. The number of carbonyl (C=O) groups excluding carboxylic acids is 2. The summed E-state index contributed by atoms with van der Waals surface area (Å²) in [4.78, 5) is 34.6. The van der Waals surface area contributed by atoms with Crippen molar-refractivity contribution in [1.82, 2.24) is 14.7 Å². The standard InChI is InChI=1S/C23H24Cl2N4O5/c1-27-20-19(21(31)28(9-10-30)23(27)32)29(14-15-5-7-16(24)8-6-15)22(26-20)34-12-11-33-18-4-2-3-17(25)13-18/h2-8,13,19-20,30H,9-12,14H2,1H3. The average Bonchev–Trinajstić information content (AvgIpc) is 3.18. The van der Waals surface area contributed by atoms with Crippen LogP contribution >= 0.6 is 23.2 Å². The van der Waals surface area contributed by atoms with Crippen LogP contribution in [0.15, 0.2) is 53.5 Å². The van der Waals surface area contributed by atoms with E-state index in [4.69, 9.17) is 32.7 Å². The summed E-state index contributed by atoms with van der Waals surface area (Å²) in [7, 11) is 1.58. The fourth-order valence-corrected chi connectivity index (χ4v) is 4.19. The third-order valence-electron chi connectivity index (χ3n) is 5.52. The van der Waals surface area contributed by atoms with Gasteiger partial charge in [0.25, 0.3) is 11.9 Å². The molecule has 0 spiro atoms. The number of likely N-dealkylation sites (N-methyl/N-ethyl adjacent to an activating group) is 1. The normalized spacial score (nSPS) is 19.9. The number of amides is 3. The molecule has 0 radical (unpaired) electrons. The van der Waals surface area contributed by atoms with Gasteiger partial charge in [-0.3, -0.25) is 9.69 Å². The summed E-state index contributed by atoms with van der Waals surface area (Å²) in [6, 6.07) is 13.2. The van der Waals surface area contributed by atoms with Gasteiger partial charge in [-0.1, -0.05) is 41.4 Å². The van der Waals surface area contributed by atoms with Crippen molar-refractivity contribution >= 4 is 41.2 Å². The van der Waals surface area contributed by atoms with E-state index >= 15 is 0 Å². The lowest BCUT2D eigenvalue weighted by Crippen LogP contribution is -2.65. The highest BCUT2D eigenvalue weighted by molar-refractivity contribution is 6.30. The number of hydrogen-bond donors (Lipinski definition) is 1. The summed E-state index contributed by atoms with van der Waals surface area (Å²) in [5.74, 6) is 0.171. The first-order chi connectivity index (χ1) is 16.4. The Labute approximate surface area is 207 Å². The summed E-state index contributed by atoms with van der Waals surface area (Å²) < 4.78 is 11.6. The summed E-state index contributed by atoms with van der Waals surface area (Å²) in [5.41, 5.74) is 0.887. The van der Waals surface area contributed by atoms with Gasteiger partial charge in [0, 0.05) is 23.6 Å². The molecule has 4 rings (SSSR count). The second-order valence-electron chi connectivity index (χ2n) is 7.79. The lowest BCUT2D eigenvalue weighted by molar-refractivity contribution is -0.138. The van der Waals surface area contributed by atoms with Gasteiger partial charge in [0.05, 0.1) is 13.2 Å². The highest BCUT2D eigenvalue weighted by atomic mass is 35.5. The molecule has 2 heterocycles. The van der Waals surface area contributed by atoms with Crippen molar-refractivity contribution in [3.8, 4) is 5.75 Å². The number of carbonyl (C=O) groups is 2. The Kier molecular flexibility index (Phi) is 7.45. The number of urea groups is 1. The predicted molar refractivity (Wildman–Crippen MR) is 127 cm³/mol. The van der Waals surface area contributed by atoms with Crippen molar-refractivity contribution in [2.45, 2.75) is 18.8 Å². The predicted octanol–water partition coefficient (Wildman–Crippen LogP) is 2.84. The molecule has 0 bridgehead atoms. The van der Waals surface area contributed by atoms with Crippen LogP contribution in [-0.4, -0.2) is 83.4 Å². The van der Waals surface area contributed by atoms with Gasteiger partial charge in [-0.2, -0.15) is 0 Å². The zero-order valence-corrected chi connectivity index (χ0v) is 19.9. The van der Waals surface area contributed by atoms with Crippen molar-refractivity contribution in [2.75, 3.05) is 33.4 Å². The molecule has 1 saturated heterocycles. The van der Waals surface area contributed by atoms with E-state index in [0.29, 0.717) is 22.3 Å². The van der Waals surface area contributed by atoms with E-state index in [9.17, 15) is 14.7 Å². The number of hydrogen-bond acceptors (Lipinski definition) is 7. The number of aliphatic hydroxyl groups excluding tert-OH is 1. The molecule has 3 amide bonds. The third-order valence-corrected chi connectivity index (χ3v) is 6.01. The molecule has 2 atom stereocenters. The maximum absolute atomic E-state index is 13.2. The minimum atomic E-state index is -0.784. The Hall–Kier alpha value is -3.01. The van der Waals surface area contributed by atoms with E-state index in [1.807, 2.05) is 12.1 Å². The van der Waals surface area contributed by atoms with Crippen LogP contribution < -0.4 is 4.74 Å². The van der Waals surface area contributed by atoms with E-state index in [1.165, 1.54) is 4.90 Å². The molecule has 2 aliphatic rings. The fourth-order valence-electron chi connectivity index (χ4n) is 3.88. The van der Waals surface area contributed by atoms with Crippen LogP contribution in [0.5, 0.6) is 5.75 Å². The van der Waals surface area contributed by atoms with E-state index in [0.717, 1.165) is 10.5 Å². The Balaban J connectivity index is 1.52. The number of β-amino-alcohol motifs (C(OH)–C–C–N with tert-alkyl or cyclic N) is 1. The van der Waals surface area contributed by atoms with Crippen LogP contribution in [0.3, 0.4) is 0 Å². The molecular weight excluding hydrogens is 483 g/mol. The first-order valence-corrected chi connectivity index (χ1v) is 11.4. The van der Waals surface area contributed by atoms with Gasteiger partial charge in [0.1, 0.15) is 19.0 Å². The minimum Gasteiger partial charge on any atom is -0.490 e. The molecule has 34 heavy (non-hydrogen) atoms. The van der Waals surface area contributed by atoms with Crippen LogP contribution in [0, 0.1) is 0 Å². The van der Waals surface area contributed by atoms with Crippen LogP contribution in [-0.2, 0) is 16.1 Å². The first kappa shape index (κ1) is 24.1. The number of aliphatic hydroxyl groups is 1. The number of fused-ring (bicyclic) bond motifs is 1. The van der Waals surface area contributed by atoms with Crippen molar-refractivity contribution in [3.63, 3.8) is 0 Å². The van der Waals surface area contributed by atoms with E-state index < -0.39 is 24.1 Å². The number of aliphatic imine (C=N–C) groups is 1. The average molecular weight is 507 g/mol. The van der Waals surface area contributed by atoms with Crippen LogP contribution in [0.25, 0.3) is 0 Å². The van der Waals surface area contributed by atoms with Crippen molar-refractivity contribution in [3.05, 3.63) is 64.1 Å². The van der Waals surface area contributed by atoms with Gasteiger partial charge in [-0.05, 0) is 35.9 Å². The minimum absolute atomic E-state index is 0.0936. The molecule has 2 aromatic rings. The highest BCUT2D eigenvalue weighted by Crippen LogP contribution is 2.30. The van der Waals surface area contributed by atoms with Crippen molar-refractivity contribution in [2.24, 2.45) is 4.99 Å². The molecule has 9 nitrogen and oxygen atoms in total. The van der Waals surface area contributed by atoms with Gasteiger partial charge >= 0.3 is 6.03 Å². The molecule has 0 aromatic heterocycles. The number of imide groups is 1. The lowest BCUT2D eigenvalue weighted by atomic mass is 10.1. The van der Waals surface area contributed by atoms with Crippen LogP contribution in [0.1, 0.15) is 5.56 Å². The number of rotatable bonds is 8. The molecule has 180 valence electrons. The summed E-state index contributed by atoms with van der Waals surface area (Å²) in [5, 5.41) is 10.5. The van der Waals surface area contributed by atoms with E-state index in [1.54, 1.807) is 48.3 Å². The second-order valence-corrected chi connectivity index (χ2v) is 8.66. The Morgan fingerprint density at radius 3 is 2.47 bits per heavy atom. The monoisotopic (exact) mass is 506 g/mol. The van der Waals surface area contributed by atoms with Gasteiger partial charge in [0.2, 0.25) is 0 Å². The topological polar surface area (TPSA) is 94.9 Å². The summed E-state index contributed by atoms with van der Waals surface area (Å²) >= 11 is 12.0. The zero-order chi connectivity index (χ0) is 24.2. The van der Waals surface area contributed by atoms with Crippen molar-refractivity contribution in [1.29, 1.82) is 0 Å². The largest absolute Gasteiger partial charge is 0.490 e. The Bertz CT molecular complexity index is 1080. The third kappa shape index (κ3) is 5.06. The summed E-state index contributed by atoms with van der Waals surface area (Å²) in [6.07, 6.45) is -0.744. The SMILES string of the molecule is CN1C(=O)N(CCO)C(=O)C2C1N=C(OCCOc1cccc(Cl)c1)N2Cc1ccc(Cl)cc1. The maximum Gasteiger partial charge on any atom is 0.328 e. The molecule has 2 unspecified atom stereocenters. The van der Waals surface area contributed by atoms with Gasteiger partial charge in [-0.25, -0.2) is 9.79 Å². The zero-order valence-electron chi connectivity index (χ0n) is 18.4. The quantitative estimate of drug-likeness (QED) is 0.553. The maximum atomic E-state index is 13.2. The number of halogens is 2.